The number of hydrogen-bond donors (Lipinski definition) is 0. The molecule has 1 heterocycles. The first-order chi connectivity index (χ1) is 7.79. The molecular weight excluding hydrogens is 264 g/mol. The molecule has 1 aliphatic rings. The Morgan fingerprint density at radius 1 is 1.50 bits per heavy atom. The van der Waals surface area contributed by atoms with Crippen LogP contribution >= 0.6 is 15.9 Å². The number of aromatic nitrogens is 2. The quantitative estimate of drug-likeness (QED) is 0.745. The van der Waals surface area contributed by atoms with Gasteiger partial charge in [0.15, 0.2) is 0 Å². The maximum atomic E-state index is 4.69. The summed E-state index contributed by atoms with van der Waals surface area (Å²) in [5.41, 5.74) is 1.25. The Morgan fingerprint density at radius 2 is 2.25 bits per heavy atom. The van der Waals surface area contributed by atoms with Crippen molar-refractivity contribution >= 4 is 15.9 Å². The van der Waals surface area contributed by atoms with Gasteiger partial charge in [-0.2, -0.15) is 5.10 Å². The van der Waals surface area contributed by atoms with Crippen LogP contribution in [-0.2, 0) is 6.42 Å². The molecule has 1 fully saturated rings. The Hall–Kier alpha value is -0.310. The Labute approximate surface area is 107 Å². The molecule has 0 N–H and O–H groups in total. The van der Waals surface area contributed by atoms with Crippen LogP contribution in [0, 0.1) is 0 Å². The van der Waals surface area contributed by atoms with Crippen molar-refractivity contribution in [3.05, 3.63) is 18.0 Å². The van der Waals surface area contributed by atoms with Crippen molar-refractivity contribution in [2.75, 3.05) is 0 Å². The SMILES string of the molecule is CCC(Br)CCc1ccn(C2CCCC2)n1. The summed E-state index contributed by atoms with van der Waals surface area (Å²) < 4.78 is 2.19. The van der Waals surface area contributed by atoms with E-state index in [0.29, 0.717) is 10.9 Å². The monoisotopic (exact) mass is 284 g/mol. The van der Waals surface area contributed by atoms with Crippen molar-refractivity contribution in [2.45, 2.75) is 62.7 Å². The first-order valence-corrected chi connectivity index (χ1v) is 7.39. The maximum Gasteiger partial charge on any atom is 0.0625 e. The summed E-state index contributed by atoms with van der Waals surface area (Å²) >= 11 is 3.67. The van der Waals surface area contributed by atoms with Crippen molar-refractivity contribution in [2.24, 2.45) is 0 Å². The zero-order chi connectivity index (χ0) is 11.4. The van der Waals surface area contributed by atoms with Gasteiger partial charge < -0.3 is 0 Å². The van der Waals surface area contributed by atoms with E-state index < -0.39 is 0 Å². The predicted molar refractivity (Wildman–Crippen MR) is 71.1 cm³/mol. The molecule has 2 rings (SSSR count). The molecule has 1 saturated carbocycles. The highest BCUT2D eigenvalue weighted by Gasteiger charge is 2.17. The van der Waals surface area contributed by atoms with Crippen LogP contribution in [0.4, 0.5) is 0 Å². The van der Waals surface area contributed by atoms with E-state index in [-0.39, 0.29) is 0 Å². The average Bonchev–Trinajstić information content (AvgIpc) is 2.95. The van der Waals surface area contributed by atoms with E-state index in [4.69, 9.17) is 5.10 Å². The van der Waals surface area contributed by atoms with Gasteiger partial charge in [-0.1, -0.05) is 35.7 Å². The molecule has 3 heteroatoms. The Balaban J connectivity index is 1.86. The summed E-state index contributed by atoms with van der Waals surface area (Å²) in [5.74, 6) is 0. The number of halogens is 1. The lowest BCUT2D eigenvalue weighted by Gasteiger charge is -2.09. The number of rotatable bonds is 5. The van der Waals surface area contributed by atoms with Gasteiger partial charge >= 0.3 is 0 Å². The van der Waals surface area contributed by atoms with Crippen LogP contribution in [0.1, 0.15) is 57.2 Å². The molecule has 90 valence electrons. The van der Waals surface area contributed by atoms with Crippen LogP contribution < -0.4 is 0 Å². The third-order valence-electron chi connectivity index (χ3n) is 3.52. The topological polar surface area (TPSA) is 17.8 Å². The van der Waals surface area contributed by atoms with Gasteiger partial charge in [-0.05, 0) is 38.2 Å². The van der Waals surface area contributed by atoms with Crippen LogP contribution in [0.3, 0.4) is 0 Å². The van der Waals surface area contributed by atoms with E-state index in [2.05, 4.69) is 39.8 Å². The van der Waals surface area contributed by atoms with Gasteiger partial charge in [0.05, 0.1) is 11.7 Å². The fourth-order valence-electron chi connectivity index (χ4n) is 2.39. The molecule has 0 aliphatic heterocycles. The molecule has 0 bridgehead atoms. The highest BCUT2D eigenvalue weighted by atomic mass is 79.9. The van der Waals surface area contributed by atoms with Gasteiger partial charge in [-0.3, -0.25) is 4.68 Å². The smallest absolute Gasteiger partial charge is 0.0625 e. The molecule has 1 aromatic rings. The standard InChI is InChI=1S/C13H21BrN2/c1-2-11(14)7-8-12-9-10-16(15-12)13-5-3-4-6-13/h9-11,13H,2-8H2,1H3. The van der Waals surface area contributed by atoms with Crippen LogP contribution in [0.2, 0.25) is 0 Å². The first kappa shape index (κ1) is 12.2. The summed E-state index contributed by atoms with van der Waals surface area (Å²) in [7, 11) is 0. The van der Waals surface area contributed by atoms with E-state index in [1.54, 1.807) is 0 Å². The lowest BCUT2D eigenvalue weighted by atomic mass is 10.2. The molecule has 1 unspecified atom stereocenters. The van der Waals surface area contributed by atoms with E-state index in [1.165, 1.54) is 44.2 Å². The second kappa shape index (κ2) is 5.85. The minimum absolute atomic E-state index is 0.643. The lowest BCUT2D eigenvalue weighted by molar-refractivity contribution is 0.462. The Kier molecular flexibility index (Phi) is 4.45. The number of nitrogens with zero attached hydrogens (tertiary/aromatic N) is 2. The van der Waals surface area contributed by atoms with E-state index in [1.807, 2.05) is 0 Å². The normalized spacial score (nSPS) is 19.1. The maximum absolute atomic E-state index is 4.69. The number of hydrogen-bond acceptors (Lipinski definition) is 1. The second-order valence-corrected chi connectivity index (χ2v) is 6.06. The summed E-state index contributed by atoms with van der Waals surface area (Å²) in [4.78, 5) is 0.643. The zero-order valence-electron chi connectivity index (χ0n) is 10.0. The summed E-state index contributed by atoms with van der Waals surface area (Å²) in [5, 5.41) is 4.69. The van der Waals surface area contributed by atoms with Gasteiger partial charge in [0.25, 0.3) is 0 Å². The van der Waals surface area contributed by atoms with Crippen LogP contribution in [0.5, 0.6) is 0 Å². The fraction of sp³-hybridized carbons (Fsp3) is 0.769. The molecule has 16 heavy (non-hydrogen) atoms. The Bertz CT molecular complexity index is 315. The molecule has 0 saturated heterocycles. The van der Waals surface area contributed by atoms with Gasteiger partial charge in [0.1, 0.15) is 0 Å². The van der Waals surface area contributed by atoms with E-state index in [0.717, 1.165) is 6.42 Å². The van der Waals surface area contributed by atoms with Crippen molar-refractivity contribution < 1.29 is 0 Å². The lowest BCUT2D eigenvalue weighted by Crippen LogP contribution is -2.06. The van der Waals surface area contributed by atoms with Gasteiger partial charge in [-0.15, -0.1) is 0 Å². The minimum atomic E-state index is 0.643. The molecule has 2 nitrogen and oxygen atoms in total. The Morgan fingerprint density at radius 3 is 2.94 bits per heavy atom. The summed E-state index contributed by atoms with van der Waals surface area (Å²) in [6.07, 6.45) is 11.0. The minimum Gasteiger partial charge on any atom is -0.269 e. The molecule has 1 aromatic heterocycles. The van der Waals surface area contributed by atoms with Gasteiger partial charge in [-0.25, -0.2) is 0 Å². The number of alkyl halides is 1. The predicted octanol–water partition coefficient (Wildman–Crippen LogP) is 4.10. The van der Waals surface area contributed by atoms with Gasteiger partial charge in [0, 0.05) is 11.0 Å². The summed E-state index contributed by atoms with van der Waals surface area (Å²) in [6.45, 7) is 2.22. The molecule has 0 radical (unpaired) electrons. The fourth-order valence-corrected chi connectivity index (χ4v) is 2.62. The van der Waals surface area contributed by atoms with E-state index >= 15 is 0 Å². The third kappa shape index (κ3) is 3.09. The number of aryl methyl sites for hydroxylation is 1. The molecule has 0 aromatic carbocycles. The van der Waals surface area contributed by atoms with E-state index in [9.17, 15) is 0 Å². The van der Waals surface area contributed by atoms with Crippen molar-refractivity contribution in [3.8, 4) is 0 Å². The zero-order valence-corrected chi connectivity index (χ0v) is 11.6. The largest absolute Gasteiger partial charge is 0.269 e. The third-order valence-corrected chi connectivity index (χ3v) is 4.62. The van der Waals surface area contributed by atoms with Gasteiger partial charge in [0.2, 0.25) is 0 Å². The van der Waals surface area contributed by atoms with Crippen molar-refractivity contribution in [1.29, 1.82) is 0 Å². The van der Waals surface area contributed by atoms with Crippen molar-refractivity contribution in [1.82, 2.24) is 9.78 Å². The van der Waals surface area contributed by atoms with Crippen LogP contribution in [0.15, 0.2) is 12.3 Å². The molecule has 1 aliphatic carbocycles. The molecule has 1 atom stereocenters. The highest BCUT2D eigenvalue weighted by molar-refractivity contribution is 9.09. The molecule has 0 spiro atoms. The average molecular weight is 285 g/mol. The molecular formula is C13H21BrN2. The van der Waals surface area contributed by atoms with Crippen LogP contribution in [-0.4, -0.2) is 14.6 Å². The van der Waals surface area contributed by atoms with Crippen molar-refractivity contribution in [3.63, 3.8) is 0 Å². The summed E-state index contributed by atoms with van der Waals surface area (Å²) in [6, 6.07) is 2.87. The van der Waals surface area contributed by atoms with Crippen LogP contribution in [0.25, 0.3) is 0 Å². The molecule has 0 amide bonds. The highest BCUT2D eigenvalue weighted by Crippen LogP contribution is 2.28. The second-order valence-electron chi connectivity index (χ2n) is 4.77. The first-order valence-electron chi connectivity index (χ1n) is 6.47.